The summed E-state index contributed by atoms with van der Waals surface area (Å²) in [6, 6.07) is 11.4. The molecule has 5 aliphatic rings. The van der Waals surface area contributed by atoms with Gasteiger partial charge in [-0.25, -0.2) is 20.3 Å². The number of pyridine rings is 1. The van der Waals surface area contributed by atoms with Crippen molar-refractivity contribution >= 4 is 22.5 Å². The first kappa shape index (κ1) is 29.8. The molecule has 8 rings (SSSR count). The van der Waals surface area contributed by atoms with Gasteiger partial charge in [0, 0.05) is 30.6 Å². The third-order valence-corrected chi connectivity index (χ3v) is 11.3. The van der Waals surface area contributed by atoms with Crippen LogP contribution in [0.5, 0.6) is 5.88 Å². The van der Waals surface area contributed by atoms with Gasteiger partial charge < -0.3 is 19.4 Å². The zero-order valence-electron chi connectivity index (χ0n) is 26.3. The van der Waals surface area contributed by atoms with Crippen molar-refractivity contribution in [2.45, 2.75) is 56.0 Å². The number of carbonyl (C=O) groups is 1. The second-order valence-corrected chi connectivity index (χ2v) is 13.8. The van der Waals surface area contributed by atoms with Crippen molar-refractivity contribution in [2.24, 2.45) is 5.92 Å². The summed E-state index contributed by atoms with van der Waals surface area (Å²) in [5, 5.41) is 11.1. The lowest BCUT2D eigenvalue weighted by Crippen LogP contribution is -2.56. The van der Waals surface area contributed by atoms with Crippen molar-refractivity contribution in [2.75, 3.05) is 50.8 Å². The second kappa shape index (κ2) is 11.3. The molecule has 1 saturated carbocycles. The Hall–Kier alpha value is -4.54. The molecule has 240 valence electrons. The van der Waals surface area contributed by atoms with Crippen LogP contribution in [0.2, 0.25) is 0 Å². The number of hydrogen-bond donors (Lipinski definition) is 0. The Balaban J connectivity index is 1.25. The molecule has 2 unspecified atom stereocenters. The van der Waals surface area contributed by atoms with Crippen LogP contribution >= 0.6 is 0 Å². The number of aromatic nitrogens is 1. The minimum Gasteiger partial charge on any atom is -0.475 e. The SMILES string of the molecule is [C-]#[N+]C[C@H]1CN(c2c(C#N)c(OCC34CCCN3CCC4)nc3c(F)c(-c4cccc5c4C4CC4C5)ccc23)CCN1C(=O)C(=C)F. The molecule has 3 saturated heterocycles. The average Bonchev–Trinajstić information content (AvgIpc) is 3.36. The van der Waals surface area contributed by atoms with E-state index in [0.717, 1.165) is 57.2 Å². The summed E-state index contributed by atoms with van der Waals surface area (Å²) >= 11 is 0. The number of anilines is 1. The summed E-state index contributed by atoms with van der Waals surface area (Å²) in [6.45, 7) is 13.5. The Morgan fingerprint density at radius 3 is 2.72 bits per heavy atom. The van der Waals surface area contributed by atoms with Gasteiger partial charge in [0.1, 0.15) is 29.8 Å². The molecule has 3 atom stereocenters. The molecular weight excluding hydrogens is 598 g/mol. The number of hydrogen-bond acceptors (Lipinski definition) is 6. The summed E-state index contributed by atoms with van der Waals surface area (Å²) < 4.78 is 37.4. The number of rotatable bonds is 7. The molecule has 1 aromatic heterocycles. The second-order valence-electron chi connectivity index (χ2n) is 13.8. The van der Waals surface area contributed by atoms with Crippen LogP contribution < -0.4 is 9.64 Å². The topological polar surface area (TPSA) is 77.1 Å². The lowest BCUT2D eigenvalue weighted by molar-refractivity contribution is -0.131. The van der Waals surface area contributed by atoms with Crippen LogP contribution in [-0.4, -0.2) is 78.1 Å². The fraction of sp³-hybridized carbons (Fsp3) is 0.459. The van der Waals surface area contributed by atoms with Crippen LogP contribution in [0.3, 0.4) is 0 Å². The van der Waals surface area contributed by atoms with Gasteiger partial charge in [-0.05, 0) is 86.2 Å². The molecule has 0 radical (unpaired) electrons. The van der Waals surface area contributed by atoms with E-state index >= 15 is 4.39 Å². The fourth-order valence-corrected chi connectivity index (χ4v) is 8.98. The molecule has 3 aromatic rings. The van der Waals surface area contributed by atoms with E-state index in [1.165, 1.54) is 16.0 Å². The van der Waals surface area contributed by atoms with Crippen molar-refractivity contribution in [1.82, 2.24) is 14.8 Å². The molecule has 2 aliphatic carbocycles. The summed E-state index contributed by atoms with van der Waals surface area (Å²) in [4.78, 5) is 26.6. The van der Waals surface area contributed by atoms with Gasteiger partial charge in [-0.1, -0.05) is 30.8 Å². The van der Waals surface area contributed by atoms with Gasteiger partial charge in [0.15, 0.2) is 11.6 Å². The number of halogens is 2. The molecule has 4 heterocycles. The highest BCUT2D eigenvalue weighted by Gasteiger charge is 2.47. The lowest BCUT2D eigenvalue weighted by Gasteiger charge is -2.40. The minimum absolute atomic E-state index is 0.0536. The van der Waals surface area contributed by atoms with E-state index < -0.39 is 23.6 Å². The van der Waals surface area contributed by atoms with Gasteiger partial charge in [0.25, 0.3) is 5.91 Å². The Bertz CT molecular complexity index is 1900. The maximum Gasteiger partial charge on any atom is 0.282 e. The molecule has 0 spiro atoms. The molecule has 0 N–H and O–H groups in total. The van der Waals surface area contributed by atoms with Crippen LogP contribution in [-0.2, 0) is 11.2 Å². The highest BCUT2D eigenvalue weighted by Crippen LogP contribution is 2.59. The molecule has 0 bridgehead atoms. The molecule has 1 amide bonds. The van der Waals surface area contributed by atoms with Gasteiger partial charge >= 0.3 is 0 Å². The fourth-order valence-electron chi connectivity index (χ4n) is 8.98. The zero-order chi connectivity index (χ0) is 32.4. The third-order valence-electron chi connectivity index (χ3n) is 11.3. The van der Waals surface area contributed by atoms with Crippen LogP contribution in [0.25, 0.3) is 26.9 Å². The number of ether oxygens (including phenoxy) is 1. The number of carbonyl (C=O) groups excluding carboxylic acids is 1. The number of piperazine rings is 1. The summed E-state index contributed by atoms with van der Waals surface area (Å²) in [5.41, 5.74) is 4.56. The predicted octanol–water partition coefficient (Wildman–Crippen LogP) is 6.00. The summed E-state index contributed by atoms with van der Waals surface area (Å²) in [5.74, 6) is -1.18. The molecule has 2 aromatic carbocycles. The molecule has 4 fully saturated rings. The summed E-state index contributed by atoms with van der Waals surface area (Å²) in [6.07, 6.45) is 6.35. The predicted molar refractivity (Wildman–Crippen MR) is 174 cm³/mol. The van der Waals surface area contributed by atoms with E-state index in [1.807, 2.05) is 23.1 Å². The van der Waals surface area contributed by atoms with Gasteiger partial charge in [0.05, 0.1) is 11.2 Å². The van der Waals surface area contributed by atoms with Gasteiger partial charge in [-0.15, -0.1) is 0 Å². The highest BCUT2D eigenvalue weighted by atomic mass is 19.1. The number of amides is 1. The number of fused-ring (bicyclic) bond motifs is 5. The van der Waals surface area contributed by atoms with E-state index in [-0.39, 0.29) is 48.7 Å². The molecule has 47 heavy (non-hydrogen) atoms. The maximum absolute atomic E-state index is 17.0. The quantitative estimate of drug-likeness (QED) is 0.235. The van der Waals surface area contributed by atoms with Gasteiger partial charge in [-0.3, -0.25) is 9.69 Å². The normalized spacial score (nSPS) is 24.0. The first-order valence-electron chi connectivity index (χ1n) is 16.6. The Kier molecular flexibility index (Phi) is 7.18. The standard InChI is InChI=1S/C37H36F2N6O2/c1-22(38)36(46)45-15-14-43(20-25(45)19-41-2)34-28-9-8-27(26-7-3-6-23-16-24-17-29(24)31(23)26)32(39)33(28)42-35(30(34)18-40)47-21-37-10-4-12-44(37)13-5-11-37/h3,6-9,24-25,29H,1,4-5,10-17,19-21H2/t24?,25-,29?/m0/s1. The van der Waals surface area contributed by atoms with Crippen molar-refractivity contribution in [3.8, 4) is 23.1 Å². The van der Waals surface area contributed by atoms with Crippen molar-refractivity contribution < 1.29 is 18.3 Å². The average molecular weight is 635 g/mol. The van der Waals surface area contributed by atoms with Crippen LogP contribution in [0.4, 0.5) is 14.5 Å². The molecule has 10 heteroatoms. The van der Waals surface area contributed by atoms with E-state index in [1.54, 1.807) is 6.07 Å². The first-order chi connectivity index (χ1) is 22.8. The Labute approximate surface area is 273 Å². The van der Waals surface area contributed by atoms with Crippen molar-refractivity contribution in [1.29, 1.82) is 5.26 Å². The Morgan fingerprint density at radius 1 is 1.17 bits per heavy atom. The third kappa shape index (κ3) is 4.76. The monoisotopic (exact) mass is 634 g/mol. The highest BCUT2D eigenvalue weighted by molar-refractivity contribution is 5.99. The van der Waals surface area contributed by atoms with E-state index in [4.69, 9.17) is 16.3 Å². The van der Waals surface area contributed by atoms with Crippen molar-refractivity contribution in [3.05, 3.63) is 76.7 Å². The van der Waals surface area contributed by atoms with E-state index in [2.05, 4.69) is 28.5 Å². The van der Waals surface area contributed by atoms with E-state index in [9.17, 15) is 14.4 Å². The van der Waals surface area contributed by atoms with Gasteiger partial charge in [-0.2, -0.15) is 5.26 Å². The molecule has 3 aliphatic heterocycles. The first-order valence-corrected chi connectivity index (χ1v) is 16.6. The van der Waals surface area contributed by atoms with Crippen LogP contribution in [0.1, 0.15) is 54.7 Å². The molecular formula is C37H36F2N6O2. The largest absolute Gasteiger partial charge is 0.475 e. The zero-order valence-corrected chi connectivity index (χ0v) is 26.3. The number of nitriles is 1. The van der Waals surface area contributed by atoms with Crippen LogP contribution in [0, 0.1) is 29.6 Å². The van der Waals surface area contributed by atoms with Gasteiger partial charge in [0.2, 0.25) is 12.4 Å². The lowest BCUT2D eigenvalue weighted by atomic mass is 9.92. The van der Waals surface area contributed by atoms with Crippen molar-refractivity contribution in [3.63, 3.8) is 0 Å². The van der Waals surface area contributed by atoms with Crippen LogP contribution in [0.15, 0.2) is 42.7 Å². The minimum atomic E-state index is -1.08. The molecule has 8 nitrogen and oxygen atoms in total. The maximum atomic E-state index is 17.0. The smallest absolute Gasteiger partial charge is 0.282 e. The Morgan fingerprint density at radius 2 is 1.98 bits per heavy atom. The summed E-state index contributed by atoms with van der Waals surface area (Å²) in [7, 11) is 0. The van der Waals surface area contributed by atoms with E-state index in [0.29, 0.717) is 35.1 Å². The number of benzene rings is 2. The number of nitrogens with zero attached hydrogens (tertiary/aromatic N) is 6.